The molecule has 0 amide bonds. The lowest BCUT2D eigenvalue weighted by atomic mass is 9.68. The molecule has 0 unspecified atom stereocenters. The summed E-state index contributed by atoms with van der Waals surface area (Å²) in [5.74, 6) is 0.865. The van der Waals surface area contributed by atoms with Crippen molar-refractivity contribution in [1.29, 1.82) is 0 Å². The largest absolute Gasteiger partial charge is 0.381 e. The van der Waals surface area contributed by atoms with Gasteiger partial charge >= 0.3 is 0 Å². The van der Waals surface area contributed by atoms with Crippen LogP contribution in [0.3, 0.4) is 0 Å². The number of ether oxygens (including phenoxy) is 1. The molecule has 27 heavy (non-hydrogen) atoms. The third-order valence-corrected chi connectivity index (χ3v) is 6.91. The van der Waals surface area contributed by atoms with E-state index < -0.39 is 0 Å². The second-order valence-electron chi connectivity index (χ2n) is 8.60. The number of hydrogen-bond donors (Lipinski definition) is 1. The summed E-state index contributed by atoms with van der Waals surface area (Å²) >= 11 is 0. The van der Waals surface area contributed by atoms with Crippen molar-refractivity contribution in [1.82, 2.24) is 10.2 Å². The van der Waals surface area contributed by atoms with Gasteiger partial charge in [-0.05, 0) is 62.1 Å². The molecule has 4 rings (SSSR count). The summed E-state index contributed by atoms with van der Waals surface area (Å²) in [7, 11) is 0. The summed E-state index contributed by atoms with van der Waals surface area (Å²) in [6, 6.07) is 7.08. The van der Waals surface area contributed by atoms with Crippen molar-refractivity contribution in [3.8, 4) is 0 Å². The molecule has 0 aromatic heterocycles. The van der Waals surface area contributed by atoms with E-state index in [0.717, 1.165) is 57.2 Å². The van der Waals surface area contributed by atoms with Crippen LogP contribution in [0.25, 0.3) is 0 Å². The molecule has 1 saturated carbocycles. The molecular weight excluding hydrogens is 341 g/mol. The number of likely N-dealkylation sites (tertiary alicyclic amines) is 1. The minimum absolute atomic E-state index is 0.130. The van der Waals surface area contributed by atoms with Crippen molar-refractivity contribution in [2.24, 2.45) is 10.4 Å². The minimum atomic E-state index is -0.166. The number of nitrogens with zero attached hydrogens (tertiary/aromatic N) is 2. The van der Waals surface area contributed by atoms with Gasteiger partial charge < -0.3 is 15.0 Å². The molecular formula is C22H32FN3O. The average molecular weight is 374 g/mol. The van der Waals surface area contributed by atoms with Crippen molar-refractivity contribution in [3.63, 3.8) is 0 Å². The van der Waals surface area contributed by atoms with Crippen LogP contribution < -0.4 is 5.32 Å². The first kappa shape index (κ1) is 18.7. The zero-order valence-corrected chi connectivity index (χ0v) is 16.5. The number of halogens is 1. The van der Waals surface area contributed by atoms with Gasteiger partial charge in [0.15, 0.2) is 5.96 Å². The van der Waals surface area contributed by atoms with Crippen molar-refractivity contribution < 1.29 is 9.13 Å². The van der Waals surface area contributed by atoms with E-state index in [2.05, 4.69) is 23.2 Å². The van der Waals surface area contributed by atoms with E-state index in [4.69, 9.17) is 9.73 Å². The van der Waals surface area contributed by atoms with Crippen LogP contribution in [-0.2, 0) is 10.2 Å². The van der Waals surface area contributed by atoms with Crippen LogP contribution in [-0.4, -0.2) is 50.3 Å². The third-order valence-electron chi connectivity index (χ3n) is 6.91. The summed E-state index contributed by atoms with van der Waals surface area (Å²) in [4.78, 5) is 7.52. The number of nitrogens with one attached hydrogen (secondary N) is 1. The highest BCUT2D eigenvalue weighted by Crippen LogP contribution is 2.48. The second-order valence-corrected chi connectivity index (χ2v) is 8.60. The summed E-state index contributed by atoms with van der Waals surface area (Å²) < 4.78 is 19.5. The fourth-order valence-electron chi connectivity index (χ4n) is 4.97. The van der Waals surface area contributed by atoms with Crippen LogP contribution in [0.15, 0.2) is 29.3 Å². The summed E-state index contributed by atoms with van der Waals surface area (Å²) in [5.41, 5.74) is 1.48. The summed E-state index contributed by atoms with van der Waals surface area (Å²) in [5, 5.41) is 3.50. The van der Waals surface area contributed by atoms with Crippen LogP contribution in [0.2, 0.25) is 0 Å². The standard InChI is InChI=1S/C22H32FN3O/c1-2-24-20(26-12-9-21(17-26)7-4-8-21)25-16-22(10-13-27-14-11-22)18-5-3-6-19(23)15-18/h3,5-6,15H,2,4,7-14,16-17H2,1H3,(H,24,25). The number of rotatable bonds is 4. The Hall–Kier alpha value is -1.62. The molecule has 1 N–H and O–H groups in total. The predicted octanol–water partition coefficient (Wildman–Crippen LogP) is 3.72. The fourth-order valence-corrected chi connectivity index (χ4v) is 4.97. The number of guanidine groups is 1. The lowest BCUT2D eigenvalue weighted by molar-refractivity contribution is 0.0529. The van der Waals surface area contributed by atoms with Crippen LogP contribution >= 0.6 is 0 Å². The highest BCUT2D eigenvalue weighted by atomic mass is 19.1. The smallest absolute Gasteiger partial charge is 0.193 e. The lowest BCUT2D eigenvalue weighted by Gasteiger charge is -2.39. The van der Waals surface area contributed by atoms with E-state index >= 15 is 0 Å². The highest BCUT2D eigenvalue weighted by Gasteiger charge is 2.43. The Bertz CT molecular complexity index is 680. The number of hydrogen-bond acceptors (Lipinski definition) is 2. The van der Waals surface area contributed by atoms with Gasteiger partial charge in [0.1, 0.15) is 5.82 Å². The van der Waals surface area contributed by atoms with Crippen LogP contribution in [0.5, 0.6) is 0 Å². The Morgan fingerprint density at radius 2 is 2.04 bits per heavy atom. The van der Waals surface area contributed by atoms with Gasteiger partial charge in [-0.2, -0.15) is 0 Å². The van der Waals surface area contributed by atoms with Gasteiger partial charge in [0.25, 0.3) is 0 Å². The number of aliphatic imine (C=N–C) groups is 1. The molecule has 148 valence electrons. The topological polar surface area (TPSA) is 36.9 Å². The van der Waals surface area contributed by atoms with Crippen molar-refractivity contribution in [2.45, 2.75) is 50.9 Å². The van der Waals surface area contributed by atoms with Crippen molar-refractivity contribution >= 4 is 5.96 Å². The van der Waals surface area contributed by atoms with Crippen LogP contribution in [0.1, 0.15) is 51.0 Å². The Morgan fingerprint density at radius 1 is 1.22 bits per heavy atom. The zero-order chi connectivity index (χ0) is 18.7. The molecule has 0 bridgehead atoms. The monoisotopic (exact) mass is 373 g/mol. The van der Waals surface area contributed by atoms with Gasteiger partial charge in [0, 0.05) is 38.3 Å². The van der Waals surface area contributed by atoms with Crippen LogP contribution in [0, 0.1) is 11.2 Å². The van der Waals surface area contributed by atoms with E-state index in [1.165, 1.54) is 31.7 Å². The van der Waals surface area contributed by atoms with E-state index in [0.29, 0.717) is 12.0 Å². The van der Waals surface area contributed by atoms with Crippen LogP contribution in [0.4, 0.5) is 4.39 Å². The maximum absolute atomic E-state index is 13.9. The Labute approximate surface area is 162 Å². The fraction of sp³-hybridized carbons (Fsp3) is 0.682. The van der Waals surface area contributed by atoms with Gasteiger partial charge in [0.05, 0.1) is 6.54 Å². The van der Waals surface area contributed by atoms with Gasteiger partial charge in [-0.3, -0.25) is 4.99 Å². The molecule has 4 nitrogen and oxygen atoms in total. The molecule has 0 atom stereocenters. The maximum Gasteiger partial charge on any atom is 0.193 e. The molecule has 2 aliphatic heterocycles. The SMILES string of the molecule is CCNC(=NCC1(c2cccc(F)c2)CCOCC1)N1CCC2(CCC2)C1. The molecule has 0 radical (unpaired) electrons. The summed E-state index contributed by atoms with van der Waals surface area (Å²) in [6.07, 6.45) is 7.19. The normalized spacial score (nSPS) is 24.1. The first-order chi connectivity index (χ1) is 13.1. The molecule has 2 heterocycles. The van der Waals surface area contributed by atoms with Gasteiger partial charge in [-0.15, -0.1) is 0 Å². The number of benzene rings is 1. The Balaban J connectivity index is 1.55. The van der Waals surface area contributed by atoms with Gasteiger partial charge in [-0.25, -0.2) is 4.39 Å². The average Bonchev–Trinajstić information content (AvgIpc) is 3.12. The van der Waals surface area contributed by atoms with E-state index in [-0.39, 0.29) is 11.2 Å². The van der Waals surface area contributed by atoms with Crippen molar-refractivity contribution in [3.05, 3.63) is 35.6 Å². The molecule has 3 fully saturated rings. The lowest BCUT2D eigenvalue weighted by Crippen LogP contribution is -2.44. The molecule has 3 aliphatic rings. The molecule has 1 aliphatic carbocycles. The Kier molecular flexibility index (Phi) is 5.40. The predicted molar refractivity (Wildman–Crippen MR) is 107 cm³/mol. The molecule has 2 saturated heterocycles. The third kappa shape index (κ3) is 3.84. The second kappa shape index (κ2) is 7.78. The van der Waals surface area contributed by atoms with Gasteiger partial charge in [0.2, 0.25) is 0 Å². The quantitative estimate of drug-likeness (QED) is 0.646. The summed E-state index contributed by atoms with van der Waals surface area (Å²) in [6.45, 7) is 7.35. The van der Waals surface area contributed by atoms with E-state index in [9.17, 15) is 4.39 Å². The molecule has 1 aromatic carbocycles. The first-order valence-corrected chi connectivity index (χ1v) is 10.5. The van der Waals surface area contributed by atoms with Gasteiger partial charge in [-0.1, -0.05) is 18.6 Å². The highest BCUT2D eigenvalue weighted by molar-refractivity contribution is 5.80. The zero-order valence-electron chi connectivity index (χ0n) is 16.5. The molecule has 5 heteroatoms. The molecule has 1 spiro atoms. The van der Waals surface area contributed by atoms with Crippen molar-refractivity contribution in [2.75, 3.05) is 39.4 Å². The first-order valence-electron chi connectivity index (χ1n) is 10.5. The van der Waals surface area contributed by atoms with E-state index in [1.807, 2.05) is 6.07 Å². The molecule has 1 aromatic rings. The van der Waals surface area contributed by atoms with E-state index in [1.54, 1.807) is 6.07 Å². The maximum atomic E-state index is 13.9. The minimum Gasteiger partial charge on any atom is -0.381 e. The Morgan fingerprint density at radius 3 is 2.67 bits per heavy atom.